The molecule has 0 radical (unpaired) electrons. The Morgan fingerprint density at radius 3 is 2.42 bits per heavy atom. The molecule has 3 rings (SSSR count). The van der Waals surface area contributed by atoms with Gasteiger partial charge in [0.15, 0.2) is 0 Å². The molecule has 0 bridgehead atoms. The van der Waals surface area contributed by atoms with Gasteiger partial charge in [0.2, 0.25) is 5.91 Å². The predicted octanol–water partition coefficient (Wildman–Crippen LogP) is 2.54. The Balaban J connectivity index is 1.96. The number of fused-ring (bicyclic) bond motifs is 1. The summed E-state index contributed by atoms with van der Waals surface area (Å²) in [5, 5.41) is 0.916. The molecule has 8 heteroatoms. The standard InChI is InChI=1S/C18H24N4O3S/c1-5-13(23)21-7-9-22(10-8-21)16-14-11(3)15(18(24)25-6-2)26-17(14)20-12(4)19-16/h5-10H2,1-4H3. The monoisotopic (exact) mass is 376 g/mol. The number of thiophene rings is 1. The van der Waals surface area contributed by atoms with E-state index in [2.05, 4.69) is 14.9 Å². The maximum absolute atomic E-state index is 12.2. The second-order valence-electron chi connectivity index (χ2n) is 6.27. The first-order valence-corrected chi connectivity index (χ1v) is 9.75. The fraction of sp³-hybridized carbons (Fsp3) is 0.556. The number of piperazine rings is 1. The van der Waals surface area contributed by atoms with Gasteiger partial charge in [-0.25, -0.2) is 14.8 Å². The molecule has 0 atom stereocenters. The van der Waals surface area contributed by atoms with Crippen LogP contribution in [-0.4, -0.2) is 59.5 Å². The molecule has 1 aliphatic heterocycles. The Hall–Kier alpha value is -2.22. The number of anilines is 1. The summed E-state index contributed by atoms with van der Waals surface area (Å²) in [6, 6.07) is 0. The molecule has 1 aliphatic rings. The molecule has 0 unspecified atom stereocenters. The van der Waals surface area contributed by atoms with Crippen LogP contribution in [0.15, 0.2) is 0 Å². The molecule has 26 heavy (non-hydrogen) atoms. The average molecular weight is 376 g/mol. The second-order valence-corrected chi connectivity index (χ2v) is 7.27. The number of ether oxygens (including phenoxy) is 1. The van der Waals surface area contributed by atoms with Crippen molar-refractivity contribution in [2.24, 2.45) is 0 Å². The Morgan fingerprint density at radius 2 is 1.81 bits per heavy atom. The van der Waals surface area contributed by atoms with Gasteiger partial charge >= 0.3 is 5.97 Å². The van der Waals surface area contributed by atoms with E-state index in [-0.39, 0.29) is 11.9 Å². The van der Waals surface area contributed by atoms with Gasteiger partial charge in [0.1, 0.15) is 21.3 Å². The minimum absolute atomic E-state index is 0.185. The Bertz CT molecular complexity index is 841. The number of esters is 1. The summed E-state index contributed by atoms with van der Waals surface area (Å²) in [4.78, 5) is 38.8. The van der Waals surface area contributed by atoms with E-state index in [0.717, 1.165) is 34.7 Å². The lowest BCUT2D eigenvalue weighted by Crippen LogP contribution is -2.49. The van der Waals surface area contributed by atoms with Crippen LogP contribution in [-0.2, 0) is 9.53 Å². The normalized spacial score (nSPS) is 14.8. The summed E-state index contributed by atoms with van der Waals surface area (Å²) in [6.45, 7) is 10.6. The van der Waals surface area contributed by atoms with Crippen molar-refractivity contribution in [1.82, 2.24) is 14.9 Å². The summed E-state index contributed by atoms with van der Waals surface area (Å²) >= 11 is 1.36. The lowest BCUT2D eigenvalue weighted by Gasteiger charge is -2.35. The van der Waals surface area contributed by atoms with E-state index in [0.29, 0.717) is 36.8 Å². The fourth-order valence-corrected chi connectivity index (χ4v) is 4.35. The van der Waals surface area contributed by atoms with Crippen molar-refractivity contribution >= 4 is 39.2 Å². The first kappa shape index (κ1) is 18.6. The van der Waals surface area contributed by atoms with Gasteiger partial charge < -0.3 is 14.5 Å². The van der Waals surface area contributed by atoms with E-state index in [4.69, 9.17) is 4.74 Å². The number of hydrogen-bond donors (Lipinski definition) is 0. The van der Waals surface area contributed by atoms with Crippen LogP contribution in [0, 0.1) is 13.8 Å². The number of nitrogens with zero attached hydrogens (tertiary/aromatic N) is 4. The van der Waals surface area contributed by atoms with Crippen LogP contribution < -0.4 is 4.90 Å². The summed E-state index contributed by atoms with van der Waals surface area (Å²) in [5.41, 5.74) is 0.866. The molecule has 140 valence electrons. The van der Waals surface area contributed by atoms with Gasteiger partial charge in [0.05, 0.1) is 12.0 Å². The molecule has 0 aliphatic carbocycles. The van der Waals surface area contributed by atoms with Gasteiger partial charge in [-0.15, -0.1) is 11.3 Å². The lowest BCUT2D eigenvalue weighted by molar-refractivity contribution is -0.131. The van der Waals surface area contributed by atoms with E-state index in [1.165, 1.54) is 11.3 Å². The molecule has 0 spiro atoms. The quantitative estimate of drug-likeness (QED) is 0.764. The molecular weight excluding hydrogens is 352 g/mol. The Morgan fingerprint density at radius 1 is 1.12 bits per heavy atom. The summed E-state index contributed by atoms with van der Waals surface area (Å²) in [5.74, 6) is 1.40. The molecule has 0 saturated carbocycles. The predicted molar refractivity (Wildman–Crippen MR) is 102 cm³/mol. The number of rotatable bonds is 4. The van der Waals surface area contributed by atoms with E-state index < -0.39 is 0 Å². The van der Waals surface area contributed by atoms with Gasteiger partial charge in [-0.3, -0.25) is 4.79 Å². The highest BCUT2D eigenvalue weighted by Gasteiger charge is 2.26. The first-order chi connectivity index (χ1) is 12.5. The van der Waals surface area contributed by atoms with Crippen LogP contribution in [0.4, 0.5) is 5.82 Å². The van der Waals surface area contributed by atoms with E-state index in [9.17, 15) is 9.59 Å². The number of amides is 1. The van der Waals surface area contributed by atoms with Gasteiger partial charge in [-0.1, -0.05) is 6.92 Å². The van der Waals surface area contributed by atoms with E-state index in [1.807, 2.05) is 25.7 Å². The summed E-state index contributed by atoms with van der Waals surface area (Å²) < 4.78 is 5.17. The molecule has 3 heterocycles. The maximum atomic E-state index is 12.2. The molecule has 2 aromatic heterocycles. The van der Waals surface area contributed by atoms with Crippen molar-refractivity contribution in [2.75, 3.05) is 37.7 Å². The zero-order chi connectivity index (χ0) is 18.8. The largest absolute Gasteiger partial charge is 0.462 e. The van der Waals surface area contributed by atoms with Crippen LogP contribution in [0.2, 0.25) is 0 Å². The molecule has 0 N–H and O–H groups in total. The molecule has 1 fully saturated rings. The molecular formula is C18H24N4O3S. The zero-order valence-corrected chi connectivity index (χ0v) is 16.5. The fourth-order valence-electron chi connectivity index (χ4n) is 3.23. The highest BCUT2D eigenvalue weighted by Crippen LogP contribution is 2.36. The third kappa shape index (κ3) is 3.38. The van der Waals surface area contributed by atoms with E-state index in [1.54, 1.807) is 6.92 Å². The van der Waals surface area contributed by atoms with Gasteiger partial charge in [-0.05, 0) is 26.3 Å². The second kappa shape index (κ2) is 7.57. The molecule has 1 amide bonds. The minimum Gasteiger partial charge on any atom is -0.462 e. The summed E-state index contributed by atoms with van der Waals surface area (Å²) in [6.07, 6.45) is 0.531. The van der Waals surface area contributed by atoms with Crippen LogP contribution in [0.1, 0.15) is 41.3 Å². The number of carbonyl (C=O) groups excluding carboxylic acids is 2. The van der Waals surface area contributed by atoms with Crippen LogP contribution in [0.3, 0.4) is 0 Å². The van der Waals surface area contributed by atoms with Gasteiger partial charge in [-0.2, -0.15) is 0 Å². The van der Waals surface area contributed by atoms with Crippen LogP contribution in [0.5, 0.6) is 0 Å². The van der Waals surface area contributed by atoms with Gasteiger partial charge in [0, 0.05) is 32.6 Å². The number of aromatic nitrogens is 2. The highest BCUT2D eigenvalue weighted by atomic mass is 32.1. The van der Waals surface area contributed by atoms with Crippen molar-refractivity contribution in [3.05, 3.63) is 16.3 Å². The number of hydrogen-bond acceptors (Lipinski definition) is 7. The van der Waals surface area contributed by atoms with Crippen molar-refractivity contribution in [3.63, 3.8) is 0 Å². The lowest BCUT2D eigenvalue weighted by atomic mass is 10.1. The molecule has 0 aromatic carbocycles. The first-order valence-electron chi connectivity index (χ1n) is 8.93. The molecule has 7 nitrogen and oxygen atoms in total. The smallest absolute Gasteiger partial charge is 0.348 e. The number of aryl methyl sites for hydroxylation is 2. The molecule has 1 saturated heterocycles. The van der Waals surface area contributed by atoms with Crippen LogP contribution in [0.25, 0.3) is 10.2 Å². The molecule has 2 aromatic rings. The van der Waals surface area contributed by atoms with Crippen LogP contribution >= 0.6 is 11.3 Å². The topological polar surface area (TPSA) is 75.6 Å². The Labute approximate surface area is 157 Å². The van der Waals surface area contributed by atoms with Crippen molar-refractivity contribution in [1.29, 1.82) is 0 Å². The third-order valence-electron chi connectivity index (χ3n) is 4.58. The van der Waals surface area contributed by atoms with Crippen molar-refractivity contribution in [2.45, 2.75) is 34.1 Å². The zero-order valence-electron chi connectivity index (χ0n) is 15.7. The summed E-state index contributed by atoms with van der Waals surface area (Å²) in [7, 11) is 0. The van der Waals surface area contributed by atoms with Gasteiger partial charge in [0.25, 0.3) is 0 Å². The van der Waals surface area contributed by atoms with Crippen molar-refractivity contribution < 1.29 is 14.3 Å². The maximum Gasteiger partial charge on any atom is 0.348 e. The average Bonchev–Trinajstić information content (AvgIpc) is 2.97. The van der Waals surface area contributed by atoms with Crippen molar-refractivity contribution in [3.8, 4) is 0 Å². The third-order valence-corrected chi connectivity index (χ3v) is 5.74. The highest BCUT2D eigenvalue weighted by molar-refractivity contribution is 7.20. The SMILES string of the molecule is CCOC(=O)c1sc2nc(C)nc(N3CCN(C(=O)CC)CC3)c2c1C. The minimum atomic E-state index is -0.310. The number of carbonyl (C=O) groups is 2. The Kier molecular flexibility index (Phi) is 5.41. The van der Waals surface area contributed by atoms with E-state index >= 15 is 0 Å².